The van der Waals surface area contributed by atoms with E-state index in [4.69, 9.17) is 0 Å². The van der Waals surface area contributed by atoms with Crippen LogP contribution in [0, 0.1) is 0 Å². The van der Waals surface area contributed by atoms with Crippen LogP contribution in [0.2, 0.25) is 0 Å². The van der Waals surface area contributed by atoms with Gasteiger partial charge in [-0.3, -0.25) is 5.43 Å². The van der Waals surface area contributed by atoms with Gasteiger partial charge in [0, 0.05) is 12.6 Å². The standard InChI is InChI=1S/C5H12N2/c1-5-3-4-7(5)6-2/h5-6H,3-4H2,1-2H3/t5-/m0/s1. The Kier molecular flexibility index (Phi) is 1.30. The summed E-state index contributed by atoms with van der Waals surface area (Å²) < 4.78 is 0. The van der Waals surface area contributed by atoms with E-state index >= 15 is 0 Å². The van der Waals surface area contributed by atoms with Gasteiger partial charge in [-0.05, 0) is 20.4 Å². The molecule has 1 heterocycles. The fourth-order valence-electron chi connectivity index (χ4n) is 0.849. The van der Waals surface area contributed by atoms with Crippen LogP contribution in [0.3, 0.4) is 0 Å². The zero-order valence-electron chi connectivity index (χ0n) is 4.94. The molecule has 0 aromatic heterocycles. The molecule has 0 radical (unpaired) electrons. The van der Waals surface area contributed by atoms with Crippen LogP contribution in [0.4, 0.5) is 0 Å². The molecule has 1 saturated heterocycles. The number of hydrazine groups is 1. The van der Waals surface area contributed by atoms with E-state index in [0.29, 0.717) is 0 Å². The molecule has 1 fully saturated rings. The molecule has 1 N–H and O–H groups in total. The fourth-order valence-corrected chi connectivity index (χ4v) is 0.849. The van der Waals surface area contributed by atoms with Crippen molar-refractivity contribution in [3.63, 3.8) is 0 Å². The molecule has 0 amide bonds. The topological polar surface area (TPSA) is 15.3 Å². The van der Waals surface area contributed by atoms with Crippen LogP contribution in [-0.2, 0) is 0 Å². The van der Waals surface area contributed by atoms with Crippen LogP contribution in [-0.4, -0.2) is 24.6 Å². The average molecular weight is 100 g/mol. The molecule has 0 aliphatic carbocycles. The predicted molar refractivity (Wildman–Crippen MR) is 29.8 cm³/mol. The second-order valence-electron chi connectivity index (χ2n) is 2.05. The third-order valence-corrected chi connectivity index (χ3v) is 1.61. The quantitative estimate of drug-likeness (QED) is 0.507. The van der Waals surface area contributed by atoms with E-state index < -0.39 is 0 Å². The van der Waals surface area contributed by atoms with Crippen molar-refractivity contribution in [3.8, 4) is 0 Å². The second kappa shape index (κ2) is 1.80. The van der Waals surface area contributed by atoms with Gasteiger partial charge in [0.25, 0.3) is 0 Å². The van der Waals surface area contributed by atoms with Gasteiger partial charge >= 0.3 is 0 Å². The predicted octanol–water partition coefficient (Wildman–Crippen LogP) is 0.215. The van der Waals surface area contributed by atoms with Crippen molar-refractivity contribution in [2.75, 3.05) is 13.6 Å². The Morgan fingerprint density at radius 2 is 2.43 bits per heavy atom. The van der Waals surface area contributed by atoms with Gasteiger partial charge < -0.3 is 0 Å². The second-order valence-corrected chi connectivity index (χ2v) is 2.05. The van der Waals surface area contributed by atoms with Gasteiger partial charge in [0.2, 0.25) is 0 Å². The lowest BCUT2D eigenvalue weighted by molar-refractivity contribution is 0.0552. The van der Waals surface area contributed by atoms with Crippen molar-refractivity contribution in [3.05, 3.63) is 0 Å². The smallest absolute Gasteiger partial charge is 0.0227 e. The first-order valence-electron chi connectivity index (χ1n) is 2.78. The Bertz CT molecular complexity index is 61.1. The number of hydrogen-bond acceptors (Lipinski definition) is 2. The molecule has 0 unspecified atom stereocenters. The van der Waals surface area contributed by atoms with Crippen molar-refractivity contribution in [2.45, 2.75) is 19.4 Å². The molecule has 0 bridgehead atoms. The summed E-state index contributed by atoms with van der Waals surface area (Å²) in [6.45, 7) is 3.44. The number of nitrogens with zero attached hydrogens (tertiary/aromatic N) is 1. The van der Waals surface area contributed by atoms with Gasteiger partial charge in [-0.2, -0.15) is 0 Å². The lowest BCUT2D eigenvalue weighted by Crippen LogP contribution is -2.52. The Morgan fingerprint density at radius 1 is 1.71 bits per heavy atom. The van der Waals surface area contributed by atoms with Gasteiger partial charge in [-0.25, -0.2) is 5.01 Å². The maximum absolute atomic E-state index is 3.08. The molecular weight excluding hydrogens is 88.1 g/mol. The average Bonchev–Trinajstić information content (AvgIpc) is 1.65. The number of hydrogen-bond donors (Lipinski definition) is 1. The van der Waals surface area contributed by atoms with E-state index in [9.17, 15) is 0 Å². The first-order chi connectivity index (χ1) is 3.34. The van der Waals surface area contributed by atoms with Gasteiger partial charge in [0.15, 0.2) is 0 Å². The van der Waals surface area contributed by atoms with E-state index in [1.54, 1.807) is 0 Å². The third kappa shape index (κ3) is 0.763. The number of nitrogens with one attached hydrogen (secondary N) is 1. The molecule has 42 valence electrons. The summed E-state index contributed by atoms with van der Waals surface area (Å²) in [7, 11) is 1.97. The molecule has 2 heteroatoms. The minimum absolute atomic E-state index is 0.769. The Hall–Kier alpha value is -0.0800. The minimum atomic E-state index is 0.769. The van der Waals surface area contributed by atoms with Crippen molar-refractivity contribution < 1.29 is 0 Å². The highest BCUT2D eigenvalue weighted by molar-refractivity contribution is 4.73. The first kappa shape index (κ1) is 5.06. The van der Waals surface area contributed by atoms with Crippen LogP contribution in [0.5, 0.6) is 0 Å². The molecule has 1 atom stereocenters. The maximum Gasteiger partial charge on any atom is 0.0227 e. The first-order valence-corrected chi connectivity index (χ1v) is 2.78. The molecule has 0 saturated carbocycles. The zero-order chi connectivity index (χ0) is 5.28. The van der Waals surface area contributed by atoms with Gasteiger partial charge in [-0.1, -0.05) is 0 Å². The van der Waals surface area contributed by atoms with Crippen LogP contribution in [0.15, 0.2) is 0 Å². The Balaban J connectivity index is 2.16. The molecule has 1 aliphatic heterocycles. The lowest BCUT2D eigenvalue weighted by atomic mass is 10.1. The SMILES string of the molecule is CNN1CC[C@@H]1C. The van der Waals surface area contributed by atoms with E-state index in [-0.39, 0.29) is 0 Å². The number of rotatable bonds is 1. The van der Waals surface area contributed by atoms with Crippen LogP contribution < -0.4 is 5.43 Å². The molecule has 7 heavy (non-hydrogen) atoms. The third-order valence-electron chi connectivity index (χ3n) is 1.61. The van der Waals surface area contributed by atoms with Gasteiger partial charge in [0.05, 0.1) is 0 Å². The van der Waals surface area contributed by atoms with Gasteiger partial charge in [-0.15, -0.1) is 0 Å². The molecule has 0 aromatic rings. The van der Waals surface area contributed by atoms with Gasteiger partial charge in [0.1, 0.15) is 0 Å². The molecule has 0 spiro atoms. The largest absolute Gasteiger partial charge is 0.258 e. The van der Waals surface area contributed by atoms with Crippen molar-refractivity contribution >= 4 is 0 Å². The Morgan fingerprint density at radius 3 is 2.43 bits per heavy atom. The zero-order valence-corrected chi connectivity index (χ0v) is 4.94. The van der Waals surface area contributed by atoms with Crippen LogP contribution in [0.25, 0.3) is 0 Å². The van der Waals surface area contributed by atoms with E-state index in [1.165, 1.54) is 13.0 Å². The monoisotopic (exact) mass is 100 g/mol. The summed E-state index contributed by atoms with van der Waals surface area (Å²) in [5.41, 5.74) is 3.08. The highest BCUT2D eigenvalue weighted by atomic mass is 15.5. The summed E-state index contributed by atoms with van der Waals surface area (Å²) in [6, 6.07) is 0.769. The van der Waals surface area contributed by atoms with Crippen molar-refractivity contribution in [2.24, 2.45) is 0 Å². The lowest BCUT2D eigenvalue weighted by Gasteiger charge is -2.37. The summed E-state index contributed by atoms with van der Waals surface area (Å²) in [6.07, 6.45) is 1.35. The van der Waals surface area contributed by atoms with E-state index in [0.717, 1.165) is 6.04 Å². The Labute approximate surface area is 44.5 Å². The van der Waals surface area contributed by atoms with Crippen LogP contribution >= 0.6 is 0 Å². The van der Waals surface area contributed by atoms with E-state index in [1.807, 2.05) is 7.05 Å². The molecule has 1 rings (SSSR count). The summed E-state index contributed by atoms with van der Waals surface area (Å²) in [5.74, 6) is 0. The fraction of sp³-hybridized carbons (Fsp3) is 1.00. The van der Waals surface area contributed by atoms with Crippen molar-refractivity contribution in [1.29, 1.82) is 0 Å². The molecule has 0 aromatic carbocycles. The molecular formula is C5H12N2. The normalized spacial score (nSPS) is 32.6. The van der Waals surface area contributed by atoms with Crippen molar-refractivity contribution in [1.82, 2.24) is 10.4 Å². The summed E-state index contributed by atoms with van der Waals surface area (Å²) in [5, 5.41) is 2.22. The summed E-state index contributed by atoms with van der Waals surface area (Å²) >= 11 is 0. The highest BCUT2D eigenvalue weighted by Gasteiger charge is 2.20. The maximum atomic E-state index is 3.08. The molecule has 2 nitrogen and oxygen atoms in total. The highest BCUT2D eigenvalue weighted by Crippen LogP contribution is 2.11. The van der Waals surface area contributed by atoms with E-state index in [2.05, 4.69) is 17.4 Å². The molecule has 1 aliphatic rings. The minimum Gasteiger partial charge on any atom is -0.258 e. The van der Waals surface area contributed by atoms with Crippen LogP contribution in [0.1, 0.15) is 13.3 Å². The summed E-state index contributed by atoms with van der Waals surface area (Å²) in [4.78, 5) is 0.